The molecule has 0 N–H and O–H groups in total. The smallest absolute Gasteiger partial charge is 0.225 e. The highest BCUT2D eigenvalue weighted by Crippen LogP contribution is 2.38. The number of carbonyl (C=O) groups excluding carboxylic acids is 1. The molecule has 4 rings (SSSR count). The fourth-order valence-corrected chi connectivity index (χ4v) is 3.86. The standard InChI is InChI=1S/C26H31N3O3/c1-18(2)25(30)29(16-19-14-15-19)17-21-24(20-10-6-5-7-11-20)27-28(3)26(21)32-23-13-9-8-12-22(23)31-4/h5-13,18-19H,14-17H2,1-4H3. The minimum Gasteiger partial charge on any atom is -0.493 e. The Hall–Kier alpha value is -3.28. The fraction of sp³-hybridized carbons (Fsp3) is 0.385. The molecule has 6 heteroatoms. The Kier molecular flexibility index (Phi) is 6.49. The molecular formula is C26H31N3O3. The first-order valence-corrected chi connectivity index (χ1v) is 11.2. The Morgan fingerprint density at radius 2 is 1.75 bits per heavy atom. The van der Waals surface area contributed by atoms with Crippen molar-refractivity contribution < 1.29 is 14.3 Å². The van der Waals surface area contributed by atoms with Crippen molar-refractivity contribution in [2.24, 2.45) is 18.9 Å². The Balaban J connectivity index is 1.77. The Bertz CT molecular complexity index is 1070. The van der Waals surface area contributed by atoms with Crippen LogP contribution in [0.3, 0.4) is 0 Å². The van der Waals surface area contributed by atoms with Gasteiger partial charge in [0.05, 0.1) is 19.2 Å². The molecule has 32 heavy (non-hydrogen) atoms. The number of para-hydroxylation sites is 2. The molecule has 0 aliphatic heterocycles. The lowest BCUT2D eigenvalue weighted by molar-refractivity contribution is -0.135. The van der Waals surface area contributed by atoms with Crippen LogP contribution in [0.25, 0.3) is 11.3 Å². The number of methoxy groups -OCH3 is 1. The number of hydrogen-bond donors (Lipinski definition) is 0. The molecule has 1 fully saturated rings. The highest BCUT2D eigenvalue weighted by Gasteiger charge is 2.30. The molecule has 1 amide bonds. The van der Waals surface area contributed by atoms with E-state index in [-0.39, 0.29) is 11.8 Å². The summed E-state index contributed by atoms with van der Waals surface area (Å²) in [5, 5.41) is 4.80. The molecule has 1 aliphatic rings. The molecule has 0 spiro atoms. The van der Waals surface area contributed by atoms with Crippen LogP contribution in [0.1, 0.15) is 32.3 Å². The summed E-state index contributed by atoms with van der Waals surface area (Å²) >= 11 is 0. The van der Waals surface area contributed by atoms with E-state index in [0.717, 1.165) is 23.4 Å². The maximum atomic E-state index is 13.1. The van der Waals surface area contributed by atoms with Crippen LogP contribution in [-0.4, -0.2) is 34.2 Å². The van der Waals surface area contributed by atoms with Gasteiger partial charge in [0.2, 0.25) is 11.8 Å². The molecular weight excluding hydrogens is 402 g/mol. The van der Waals surface area contributed by atoms with Gasteiger partial charge < -0.3 is 14.4 Å². The minimum absolute atomic E-state index is 0.0656. The van der Waals surface area contributed by atoms with Gasteiger partial charge >= 0.3 is 0 Å². The molecule has 3 aromatic rings. The first-order valence-electron chi connectivity index (χ1n) is 11.2. The quantitative estimate of drug-likeness (QED) is 0.461. The van der Waals surface area contributed by atoms with E-state index in [4.69, 9.17) is 14.6 Å². The van der Waals surface area contributed by atoms with Gasteiger partial charge in [-0.25, -0.2) is 4.68 Å². The molecule has 168 valence electrons. The molecule has 0 saturated heterocycles. The zero-order valence-electron chi connectivity index (χ0n) is 19.2. The number of aryl methyl sites for hydroxylation is 1. The van der Waals surface area contributed by atoms with Crippen molar-refractivity contribution in [3.63, 3.8) is 0 Å². The third-order valence-corrected chi connectivity index (χ3v) is 5.74. The summed E-state index contributed by atoms with van der Waals surface area (Å²) in [6, 6.07) is 17.6. The number of hydrogen-bond acceptors (Lipinski definition) is 4. The predicted molar refractivity (Wildman–Crippen MR) is 125 cm³/mol. The topological polar surface area (TPSA) is 56.6 Å². The van der Waals surface area contributed by atoms with Gasteiger partial charge in [0.15, 0.2) is 11.5 Å². The van der Waals surface area contributed by atoms with Crippen molar-refractivity contribution in [3.8, 4) is 28.6 Å². The summed E-state index contributed by atoms with van der Waals surface area (Å²) in [7, 11) is 3.50. The average Bonchev–Trinajstić information content (AvgIpc) is 3.58. The van der Waals surface area contributed by atoms with Crippen LogP contribution in [0.2, 0.25) is 0 Å². The Morgan fingerprint density at radius 3 is 2.38 bits per heavy atom. The first kappa shape index (κ1) is 21.9. The number of ether oxygens (including phenoxy) is 2. The van der Waals surface area contributed by atoms with E-state index in [9.17, 15) is 4.79 Å². The molecule has 2 aromatic carbocycles. The lowest BCUT2D eigenvalue weighted by Crippen LogP contribution is -2.35. The second-order valence-electron chi connectivity index (χ2n) is 8.69. The molecule has 1 heterocycles. The highest BCUT2D eigenvalue weighted by atomic mass is 16.5. The molecule has 0 bridgehead atoms. The summed E-state index contributed by atoms with van der Waals surface area (Å²) in [5.74, 6) is 2.56. The summed E-state index contributed by atoms with van der Waals surface area (Å²) in [5.41, 5.74) is 2.73. The molecule has 0 radical (unpaired) electrons. The van der Waals surface area contributed by atoms with E-state index in [1.807, 2.05) is 80.4 Å². The van der Waals surface area contributed by atoms with E-state index in [2.05, 4.69) is 0 Å². The largest absolute Gasteiger partial charge is 0.493 e. The lowest BCUT2D eigenvalue weighted by atomic mass is 10.1. The Morgan fingerprint density at radius 1 is 1.09 bits per heavy atom. The van der Waals surface area contributed by atoms with Gasteiger partial charge in [-0.15, -0.1) is 0 Å². The van der Waals surface area contributed by atoms with Gasteiger partial charge in [-0.2, -0.15) is 5.10 Å². The first-order chi connectivity index (χ1) is 15.5. The van der Waals surface area contributed by atoms with Gasteiger partial charge in [0, 0.05) is 25.1 Å². The van der Waals surface area contributed by atoms with E-state index in [0.29, 0.717) is 29.8 Å². The van der Waals surface area contributed by atoms with Gasteiger partial charge in [0.25, 0.3) is 0 Å². The van der Waals surface area contributed by atoms with Gasteiger partial charge in [-0.1, -0.05) is 56.3 Å². The van der Waals surface area contributed by atoms with Crippen molar-refractivity contribution in [1.82, 2.24) is 14.7 Å². The van der Waals surface area contributed by atoms with Crippen molar-refractivity contribution in [2.75, 3.05) is 13.7 Å². The van der Waals surface area contributed by atoms with Crippen LogP contribution in [0, 0.1) is 11.8 Å². The van der Waals surface area contributed by atoms with Gasteiger partial charge in [-0.3, -0.25) is 4.79 Å². The maximum absolute atomic E-state index is 13.1. The molecule has 0 atom stereocenters. The van der Waals surface area contributed by atoms with Crippen LogP contribution >= 0.6 is 0 Å². The number of rotatable bonds is 9. The van der Waals surface area contributed by atoms with Crippen molar-refractivity contribution in [1.29, 1.82) is 0 Å². The van der Waals surface area contributed by atoms with Crippen LogP contribution in [0.5, 0.6) is 17.4 Å². The fourth-order valence-electron chi connectivity index (χ4n) is 3.86. The second-order valence-corrected chi connectivity index (χ2v) is 8.69. The monoisotopic (exact) mass is 433 g/mol. The van der Waals surface area contributed by atoms with Crippen LogP contribution in [0.15, 0.2) is 54.6 Å². The zero-order chi connectivity index (χ0) is 22.7. The van der Waals surface area contributed by atoms with E-state index in [1.165, 1.54) is 12.8 Å². The molecule has 6 nitrogen and oxygen atoms in total. The van der Waals surface area contributed by atoms with E-state index in [1.54, 1.807) is 11.8 Å². The molecule has 0 unspecified atom stereocenters. The highest BCUT2D eigenvalue weighted by molar-refractivity contribution is 5.78. The summed E-state index contributed by atoms with van der Waals surface area (Å²) in [4.78, 5) is 15.0. The van der Waals surface area contributed by atoms with E-state index >= 15 is 0 Å². The van der Waals surface area contributed by atoms with E-state index < -0.39 is 0 Å². The SMILES string of the molecule is COc1ccccc1Oc1c(CN(CC2CC2)C(=O)C(C)C)c(-c2ccccc2)nn1C. The van der Waals surface area contributed by atoms with Crippen molar-refractivity contribution in [2.45, 2.75) is 33.2 Å². The van der Waals surface area contributed by atoms with Gasteiger partial charge in [0.1, 0.15) is 5.69 Å². The third-order valence-electron chi connectivity index (χ3n) is 5.74. The Labute approximate surface area is 189 Å². The van der Waals surface area contributed by atoms with Crippen LogP contribution in [-0.2, 0) is 18.4 Å². The van der Waals surface area contributed by atoms with Crippen molar-refractivity contribution >= 4 is 5.91 Å². The summed E-state index contributed by atoms with van der Waals surface area (Å²) < 4.78 is 13.6. The van der Waals surface area contributed by atoms with Crippen LogP contribution in [0.4, 0.5) is 0 Å². The van der Waals surface area contributed by atoms with Crippen molar-refractivity contribution in [3.05, 3.63) is 60.2 Å². The molecule has 1 saturated carbocycles. The summed E-state index contributed by atoms with van der Waals surface area (Å²) in [6.45, 7) is 5.13. The van der Waals surface area contributed by atoms with Gasteiger partial charge in [-0.05, 0) is 30.9 Å². The predicted octanol–water partition coefficient (Wildman–Crippen LogP) is 5.28. The number of aromatic nitrogens is 2. The number of amides is 1. The second kappa shape index (κ2) is 9.47. The molecule has 1 aromatic heterocycles. The minimum atomic E-state index is -0.0656. The number of nitrogens with zero attached hydrogens (tertiary/aromatic N) is 3. The average molecular weight is 434 g/mol. The zero-order valence-corrected chi connectivity index (χ0v) is 19.2. The molecule has 1 aliphatic carbocycles. The normalized spacial score (nSPS) is 13.3. The summed E-state index contributed by atoms with van der Waals surface area (Å²) in [6.07, 6.45) is 2.37. The maximum Gasteiger partial charge on any atom is 0.225 e. The number of carbonyl (C=O) groups is 1. The number of benzene rings is 2. The third kappa shape index (κ3) is 4.79. The van der Waals surface area contributed by atoms with Crippen LogP contribution < -0.4 is 9.47 Å². The lowest BCUT2D eigenvalue weighted by Gasteiger charge is -2.25.